The third-order valence-electron chi connectivity index (χ3n) is 0. The molecule has 0 aliphatic heterocycles. The van der Waals surface area contributed by atoms with E-state index < -0.39 is 0 Å². The fraction of sp³-hybridized carbons (Fsp3) is 0. The van der Waals surface area contributed by atoms with Gasteiger partial charge in [0.2, 0.25) is 10.1 Å². The van der Waals surface area contributed by atoms with Crippen LogP contribution >= 0.6 is 0 Å². The van der Waals surface area contributed by atoms with Crippen molar-refractivity contribution in [1.29, 1.82) is 0 Å². The first kappa shape index (κ1) is 8.83. The summed E-state index contributed by atoms with van der Waals surface area (Å²) in [4.78, 5) is 0. The second-order valence-corrected chi connectivity index (χ2v) is 0. The average molecular weight is 113 g/mol. The number of rotatable bonds is 0. The van der Waals surface area contributed by atoms with Crippen LogP contribution in [0.25, 0.3) is 0 Å². The minimum atomic E-state index is 0.611. The predicted octanol–water partition coefficient (Wildman–Crippen LogP) is -1.16. The van der Waals surface area contributed by atoms with Crippen LogP contribution in [0, 0.1) is 0 Å². The molecule has 0 rings (SSSR count). The van der Waals surface area contributed by atoms with E-state index in [1.807, 2.05) is 0 Å². The second kappa shape index (κ2) is 122. The van der Waals surface area contributed by atoms with Crippen LogP contribution in [-0.2, 0) is 25.5 Å². The van der Waals surface area contributed by atoms with Crippen molar-refractivity contribution < 1.29 is 25.5 Å². The molecule has 0 unspecified atom stereocenters. The summed E-state index contributed by atoms with van der Waals surface area (Å²) < 4.78 is 16.5. The molecular formula is H2O2SiV. The number of hydrogen-bond donors (Lipinski definition) is 0. The van der Waals surface area contributed by atoms with Crippen LogP contribution in [0.1, 0.15) is 0 Å². The van der Waals surface area contributed by atoms with E-state index in [0.717, 1.165) is 17.4 Å². The molecule has 0 heterocycles. The summed E-state index contributed by atoms with van der Waals surface area (Å²) in [6.45, 7) is 0. The normalized spacial score (nSPS) is 1.75. The van der Waals surface area contributed by atoms with Crippen LogP contribution in [-0.4, -0.2) is 10.1 Å². The molecule has 4 heavy (non-hydrogen) atoms. The first-order chi connectivity index (χ1) is 2.00. The van der Waals surface area contributed by atoms with Crippen molar-refractivity contribution in [3.63, 3.8) is 0 Å². The van der Waals surface area contributed by atoms with Crippen molar-refractivity contribution >= 4 is 10.1 Å². The van der Waals surface area contributed by atoms with Crippen LogP contribution in [0.15, 0.2) is 0 Å². The van der Waals surface area contributed by atoms with Crippen molar-refractivity contribution in [2.24, 2.45) is 0 Å². The van der Waals surface area contributed by atoms with Crippen LogP contribution < -0.4 is 0 Å². The van der Waals surface area contributed by atoms with Gasteiger partial charge in [0.15, 0.2) is 0 Å². The van der Waals surface area contributed by atoms with E-state index in [-0.39, 0.29) is 0 Å². The van der Waals surface area contributed by atoms with Gasteiger partial charge in [-0.25, -0.2) is 0 Å². The molecule has 0 aliphatic rings. The summed E-state index contributed by atoms with van der Waals surface area (Å²) >= 11 is 1.06. The first-order valence-electron chi connectivity index (χ1n) is 0.471. The molecular weight excluding hydrogens is 111 g/mol. The Bertz CT molecular complexity index is 8.00. The van der Waals surface area contributed by atoms with Crippen molar-refractivity contribution in [2.45, 2.75) is 0 Å². The molecule has 0 spiro atoms. The Hall–Kier alpha value is 0.401. The summed E-state index contributed by atoms with van der Waals surface area (Å²) in [5, 5.41) is 0. The van der Waals surface area contributed by atoms with E-state index in [1.54, 1.807) is 0 Å². The predicted molar refractivity (Wildman–Crippen MR) is 9.92 cm³/mol. The van der Waals surface area contributed by atoms with E-state index in [0.29, 0.717) is 10.1 Å². The summed E-state index contributed by atoms with van der Waals surface area (Å²) in [6.07, 6.45) is 0. The zero-order chi connectivity index (χ0) is 4.00. The van der Waals surface area contributed by atoms with E-state index in [2.05, 4.69) is 0 Å². The second-order valence-electron chi connectivity index (χ2n) is 0. The van der Waals surface area contributed by atoms with Gasteiger partial charge in [0.25, 0.3) is 0 Å². The monoisotopic (exact) mass is 113 g/mol. The van der Waals surface area contributed by atoms with Crippen molar-refractivity contribution in [3.05, 3.63) is 0 Å². The molecule has 0 fully saturated rings. The quantitative estimate of drug-likeness (QED) is 0.371. The third kappa shape index (κ3) is 29.3. The van der Waals surface area contributed by atoms with Crippen molar-refractivity contribution in [3.8, 4) is 0 Å². The third-order valence-corrected chi connectivity index (χ3v) is 0. The molecule has 0 aromatic heterocycles. The average Bonchev–Trinajstić information content (AvgIpc) is 1.50. The first-order valence-corrected chi connectivity index (χ1v) is 1.62. The molecule has 0 atom stereocenters. The summed E-state index contributed by atoms with van der Waals surface area (Å²) in [6, 6.07) is 0. The maximum atomic E-state index is 8.28. The molecule has 2 nitrogen and oxygen atoms in total. The molecule has 0 bridgehead atoms. The fourth-order valence-corrected chi connectivity index (χ4v) is 0. The Morgan fingerprint density at radius 1 is 1.25 bits per heavy atom. The summed E-state index contributed by atoms with van der Waals surface area (Å²) in [7, 11) is 0.611. The SMILES string of the molecule is O=[SiH2].[O]=[V]. The topological polar surface area (TPSA) is 34.1 Å². The van der Waals surface area contributed by atoms with E-state index in [4.69, 9.17) is 8.14 Å². The van der Waals surface area contributed by atoms with E-state index >= 15 is 0 Å². The Morgan fingerprint density at radius 2 is 1.25 bits per heavy atom. The molecule has 0 amide bonds. The minimum absolute atomic E-state index is 0.611. The van der Waals surface area contributed by atoms with Gasteiger partial charge in [-0.2, -0.15) is 0 Å². The van der Waals surface area contributed by atoms with E-state index in [9.17, 15) is 0 Å². The standard InChI is InChI=1S/H2OSi.O.V/c1-2;;/h2H2;;. The Labute approximate surface area is 36.3 Å². The molecule has 0 radical (unpaired) electrons. The van der Waals surface area contributed by atoms with Crippen molar-refractivity contribution in [1.82, 2.24) is 0 Å². The van der Waals surface area contributed by atoms with Gasteiger partial charge >= 0.3 is 21.0 Å². The van der Waals surface area contributed by atoms with Gasteiger partial charge in [0.05, 0.1) is 0 Å². The zero-order valence-electron chi connectivity index (χ0n) is 1.97. The van der Waals surface area contributed by atoms with Crippen LogP contribution in [0.4, 0.5) is 0 Å². The van der Waals surface area contributed by atoms with Crippen LogP contribution in [0.2, 0.25) is 0 Å². The Kier molecular flexibility index (Phi) is 269. The van der Waals surface area contributed by atoms with Gasteiger partial charge in [-0.1, -0.05) is 0 Å². The molecule has 0 aliphatic carbocycles. The summed E-state index contributed by atoms with van der Waals surface area (Å²) in [5.74, 6) is 0. The Balaban J connectivity index is 0. The van der Waals surface area contributed by atoms with Gasteiger partial charge in [-0.3, -0.25) is 0 Å². The number of hydrogen-bond acceptors (Lipinski definition) is 2. The zero-order valence-corrected chi connectivity index (χ0v) is 4.78. The van der Waals surface area contributed by atoms with Crippen LogP contribution in [0.3, 0.4) is 0 Å². The van der Waals surface area contributed by atoms with E-state index in [1.165, 1.54) is 0 Å². The molecule has 0 aromatic rings. The van der Waals surface area contributed by atoms with Gasteiger partial charge in [-0.15, -0.1) is 0 Å². The molecule has 0 saturated carbocycles. The van der Waals surface area contributed by atoms with Crippen molar-refractivity contribution in [2.75, 3.05) is 0 Å². The fourth-order valence-electron chi connectivity index (χ4n) is 0. The van der Waals surface area contributed by atoms with Crippen LogP contribution in [0.5, 0.6) is 0 Å². The maximum absolute atomic E-state index is 8.28. The molecule has 4 heteroatoms. The molecule has 23 valence electrons. The molecule has 0 N–H and O–H groups in total. The van der Waals surface area contributed by atoms with Gasteiger partial charge < -0.3 is 4.46 Å². The molecule has 0 aromatic carbocycles. The van der Waals surface area contributed by atoms with Gasteiger partial charge in [0.1, 0.15) is 0 Å². The van der Waals surface area contributed by atoms with Gasteiger partial charge in [0, 0.05) is 0 Å². The van der Waals surface area contributed by atoms with Gasteiger partial charge in [-0.05, 0) is 0 Å². The Morgan fingerprint density at radius 3 is 1.25 bits per heavy atom. The summed E-state index contributed by atoms with van der Waals surface area (Å²) in [5.41, 5.74) is 0. The molecule has 0 saturated heterocycles.